The van der Waals surface area contributed by atoms with E-state index in [2.05, 4.69) is 5.32 Å². The fourth-order valence-corrected chi connectivity index (χ4v) is 1.88. The highest BCUT2D eigenvalue weighted by atomic mass is 19.1. The third-order valence-corrected chi connectivity index (χ3v) is 2.79. The first-order chi connectivity index (χ1) is 10.0. The molecule has 0 radical (unpaired) electrons. The molecule has 0 saturated carbocycles. The lowest BCUT2D eigenvalue weighted by Gasteiger charge is -2.10. The van der Waals surface area contributed by atoms with Gasteiger partial charge in [0.1, 0.15) is 11.6 Å². The van der Waals surface area contributed by atoms with Gasteiger partial charge in [-0.1, -0.05) is 12.1 Å². The number of rotatable bonds is 5. The predicted octanol–water partition coefficient (Wildman–Crippen LogP) is 3.79. The highest BCUT2D eigenvalue weighted by Crippen LogP contribution is 2.17. The third kappa shape index (κ3) is 4.91. The first-order valence-corrected chi connectivity index (χ1v) is 6.84. The smallest absolute Gasteiger partial charge is 0.228 e. The highest BCUT2D eigenvalue weighted by molar-refractivity contribution is 5.92. The minimum absolute atomic E-state index is 0.115. The number of halogens is 1. The van der Waals surface area contributed by atoms with Gasteiger partial charge in [0.25, 0.3) is 0 Å². The lowest BCUT2D eigenvalue weighted by Crippen LogP contribution is -2.14. The summed E-state index contributed by atoms with van der Waals surface area (Å²) in [5.74, 6) is 0.320. The average Bonchev–Trinajstić information content (AvgIpc) is 2.43. The Hall–Kier alpha value is -2.36. The van der Waals surface area contributed by atoms with Crippen molar-refractivity contribution in [1.29, 1.82) is 0 Å². The number of hydrogen-bond donors (Lipinski definition) is 1. The van der Waals surface area contributed by atoms with E-state index in [9.17, 15) is 9.18 Å². The Labute approximate surface area is 123 Å². The molecule has 0 bridgehead atoms. The number of benzene rings is 2. The largest absolute Gasteiger partial charge is 0.491 e. The van der Waals surface area contributed by atoms with Gasteiger partial charge in [-0.2, -0.15) is 0 Å². The van der Waals surface area contributed by atoms with Gasteiger partial charge in [0, 0.05) is 5.69 Å². The summed E-state index contributed by atoms with van der Waals surface area (Å²) in [5.41, 5.74) is 1.48. The van der Waals surface area contributed by atoms with Crippen molar-refractivity contribution in [3.8, 4) is 5.75 Å². The Balaban J connectivity index is 1.91. The molecule has 2 aromatic carbocycles. The normalized spacial score (nSPS) is 10.5. The van der Waals surface area contributed by atoms with Gasteiger partial charge < -0.3 is 10.1 Å². The molecule has 0 atom stereocenters. The Kier molecular flexibility index (Phi) is 4.93. The fourth-order valence-electron chi connectivity index (χ4n) is 1.88. The van der Waals surface area contributed by atoms with Gasteiger partial charge >= 0.3 is 0 Å². The van der Waals surface area contributed by atoms with Crippen molar-refractivity contribution >= 4 is 11.6 Å². The van der Waals surface area contributed by atoms with Crippen LogP contribution < -0.4 is 10.1 Å². The SMILES string of the molecule is CC(C)Oc1ccc(NC(=O)Cc2ccc(F)cc2)cc1. The van der Waals surface area contributed by atoms with Crippen LogP contribution in [0.2, 0.25) is 0 Å². The zero-order valence-electron chi connectivity index (χ0n) is 12.1. The molecule has 110 valence electrons. The molecule has 1 N–H and O–H groups in total. The molecule has 3 nitrogen and oxygen atoms in total. The average molecular weight is 287 g/mol. The summed E-state index contributed by atoms with van der Waals surface area (Å²) in [4.78, 5) is 11.9. The molecular formula is C17H18FNO2. The molecule has 2 rings (SSSR count). The second kappa shape index (κ2) is 6.88. The zero-order valence-corrected chi connectivity index (χ0v) is 12.1. The Morgan fingerprint density at radius 3 is 2.29 bits per heavy atom. The van der Waals surface area contributed by atoms with Gasteiger partial charge in [-0.05, 0) is 55.8 Å². The molecule has 0 aliphatic rings. The maximum Gasteiger partial charge on any atom is 0.228 e. The minimum atomic E-state index is -0.306. The lowest BCUT2D eigenvalue weighted by molar-refractivity contribution is -0.115. The van der Waals surface area contributed by atoms with E-state index in [1.807, 2.05) is 26.0 Å². The van der Waals surface area contributed by atoms with E-state index in [1.54, 1.807) is 24.3 Å². The number of nitrogens with one attached hydrogen (secondary N) is 1. The van der Waals surface area contributed by atoms with Crippen LogP contribution in [0.3, 0.4) is 0 Å². The molecule has 0 heterocycles. The van der Waals surface area contributed by atoms with Crippen LogP contribution in [-0.4, -0.2) is 12.0 Å². The molecule has 0 saturated heterocycles. The summed E-state index contributed by atoms with van der Waals surface area (Å²) in [7, 11) is 0. The van der Waals surface area contributed by atoms with E-state index >= 15 is 0 Å². The Morgan fingerprint density at radius 2 is 1.71 bits per heavy atom. The summed E-state index contributed by atoms with van der Waals surface area (Å²) < 4.78 is 18.3. The number of ether oxygens (including phenoxy) is 1. The molecule has 0 aliphatic carbocycles. The van der Waals surface area contributed by atoms with Gasteiger partial charge in [0.05, 0.1) is 12.5 Å². The third-order valence-electron chi connectivity index (χ3n) is 2.79. The molecule has 21 heavy (non-hydrogen) atoms. The van der Waals surface area contributed by atoms with Gasteiger partial charge in [-0.25, -0.2) is 4.39 Å². The Bertz CT molecular complexity index is 591. The molecule has 0 spiro atoms. The van der Waals surface area contributed by atoms with Gasteiger partial charge in [-0.15, -0.1) is 0 Å². The molecule has 0 aliphatic heterocycles. The van der Waals surface area contributed by atoms with E-state index in [0.29, 0.717) is 5.69 Å². The summed E-state index contributed by atoms with van der Waals surface area (Å²) in [6.45, 7) is 3.91. The molecular weight excluding hydrogens is 269 g/mol. The maximum absolute atomic E-state index is 12.8. The van der Waals surface area contributed by atoms with E-state index in [1.165, 1.54) is 12.1 Å². The monoisotopic (exact) mass is 287 g/mol. The van der Waals surface area contributed by atoms with Crippen LogP contribution in [-0.2, 0) is 11.2 Å². The quantitative estimate of drug-likeness (QED) is 0.908. The topological polar surface area (TPSA) is 38.3 Å². The molecule has 0 unspecified atom stereocenters. The van der Waals surface area contributed by atoms with Crippen LogP contribution in [0.1, 0.15) is 19.4 Å². The van der Waals surface area contributed by atoms with Crippen LogP contribution in [0.25, 0.3) is 0 Å². The van der Waals surface area contributed by atoms with Crippen molar-refractivity contribution in [3.05, 3.63) is 59.9 Å². The van der Waals surface area contributed by atoms with E-state index < -0.39 is 0 Å². The van der Waals surface area contributed by atoms with Crippen LogP contribution in [0, 0.1) is 5.82 Å². The van der Waals surface area contributed by atoms with Crippen molar-refractivity contribution in [2.75, 3.05) is 5.32 Å². The van der Waals surface area contributed by atoms with Crippen molar-refractivity contribution in [2.24, 2.45) is 0 Å². The van der Waals surface area contributed by atoms with Crippen LogP contribution in [0.5, 0.6) is 5.75 Å². The van der Waals surface area contributed by atoms with Gasteiger partial charge in [0.2, 0.25) is 5.91 Å². The first kappa shape index (κ1) is 15.0. The highest BCUT2D eigenvalue weighted by Gasteiger charge is 2.05. The lowest BCUT2D eigenvalue weighted by atomic mass is 10.1. The van der Waals surface area contributed by atoms with Crippen LogP contribution in [0.15, 0.2) is 48.5 Å². The Morgan fingerprint density at radius 1 is 1.10 bits per heavy atom. The number of hydrogen-bond acceptors (Lipinski definition) is 2. The van der Waals surface area contributed by atoms with Crippen molar-refractivity contribution in [2.45, 2.75) is 26.4 Å². The zero-order chi connectivity index (χ0) is 15.2. The van der Waals surface area contributed by atoms with Crippen molar-refractivity contribution in [3.63, 3.8) is 0 Å². The van der Waals surface area contributed by atoms with E-state index in [0.717, 1.165) is 11.3 Å². The van der Waals surface area contributed by atoms with E-state index in [4.69, 9.17) is 4.74 Å². The van der Waals surface area contributed by atoms with Gasteiger partial charge in [-0.3, -0.25) is 4.79 Å². The first-order valence-electron chi connectivity index (χ1n) is 6.84. The van der Waals surface area contributed by atoms with Crippen molar-refractivity contribution in [1.82, 2.24) is 0 Å². The van der Waals surface area contributed by atoms with E-state index in [-0.39, 0.29) is 24.2 Å². The standard InChI is InChI=1S/C17H18FNO2/c1-12(2)21-16-9-7-15(8-10-16)19-17(20)11-13-3-5-14(18)6-4-13/h3-10,12H,11H2,1-2H3,(H,19,20). The molecule has 0 fully saturated rings. The minimum Gasteiger partial charge on any atom is -0.491 e. The number of anilines is 1. The molecule has 0 aromatic heterocycles. The summed E-state index contributed by atoms with van der Waals surface area (Å²) in [6, 6.07) is 13.1. The predicted molar refractivity (Wildman–Crippen MR) is 80.9 cm³/mol. The maximum atomic E-state index is 12.8. The summed E-state index contributed by atoms with van der Waals surface area (Å²) >= 11 is 0. The van der Waals surface area contributed by atoms with Gasteiger partial charge in [0.15, 0.2) is 0 Å². The summed E-state index contributed by atoms with van der Waals surface area (Å²) in [6.07, 6.45) is 0.328. The fraction of sp³-hybridized carbons (Fsp3) is 0.235. The van der Waals surface area contributed by atoms with Crippen LogP contribution >= 0.6 is 0 Å². The number of carbonyl (C=O) groups excluding carboxylic acids is 1. The number of carbonyl (C=O) groups is 1. The second-order valence-electron chi connectivity index (χ2n) is 5.04. The van der Waals surface area contributed by atoms with Crippen LogP contribution in [0.4, 0.5) is 10.1 Å². The van der Waals surface area contributed by atoms with Crippen molar-refractivity contribution < 1.29 is 13.9 Å². The molecule has 1 amide bonds. The second-order valence-corrected chi connectivity index (χ2v) is 5.04. The number of amides is 1. The molecule has 2 aromatic rings. The summed E-state index contributed by atoms with van der Waals surface area (Å²) in [5, 5.41) is 2.80. The molecule has 4 heteroatoms.